The summed E-state index contributed by atoms with van der Waals surface area (Å²) in [5.74, 6) is 0. The quantitative estimate of drug-likeness (QED) is 0.475. The van der Waals surface area contributed by atoms with Crippen molar-refractivity contribution in [2.24, 2.45) is 0 Å². The zero-order valence-corrected chi connectivity index (χ0v) is 9.19. The molecule has 0 amide bonds. The third kappa shape index (κ3) is 8.35. The molecule has 0 rings (SSSR count). The van der Waals surface area contributed by atoms with Crippen LogP contribution < -0.4 is 0 Å². The first-order chi connectivity index (χ1) is 5.31. The van der Waals surface area contributed by atoms with Crippen LogP contribution in [0.3, 0.4) is 0 Å². The van der Waals surface area contributed by atoms with Gasteiger partial charge in [-0.3, -0.25) is 0 Å². The maximum Gasteiger partial charge on any atom is 0.0466 e. The lowest BCUT2D eigenvalue weighted by Crippen LogP contribution is -2.00. The molecule has 1 atom stereocenters. The average molecular weight is 223 g/mol. The van der Waals surface area contributed by atoms with Gasteiger partial charge in [0.15, 0.2) is 0 Å². The fraction of sp³-hybridized carbons (Fsp3) is 1.00. The minimum absolute atomic E-state index is 0.688. The first kappa shape index (κ1) is 11.4. The minimum Gasteiger partial charge on any atom is -0.381 e. The largest absolute Gasteiger partial charge is 0.381 e. The Labute approximate surface area is 78.6 Å². The Morgan fingerprint density at radius 1 is 1.27 bits per heavy atom. The predicted molar refractivity (Wildman–Crippen MR) is 53.4 cm³/mol. The predicted octanol–water partition coefficient (Wildman–Crippen LogP) is 3.37. The summed E-state index contributed by atoms with van der Waals surface area (Å²) in [6.45, 7) is 6.18. The Hall–Kier alpha value is 0.440. The SMILES string of the molecule is CCCOCCCC(Br)CC. The van der Waals surface area contributed by atoms with E-state index in [0.29, 0.717) is 4.83 Å². The van der Waals surface area contributed by atoms with Gasteiger partial charge in [-0.15, -0.1) is 0 Å². The molecule has 2 heteroatoms. The van der Waals surface area contributed by atoms with Gasteiger partial charge >= 0.3 is 0 Å². The summed E-state index contributed by atoms with van der Waals surface area (Å²) in [6, 6.07) is 0. The van der Waals surface area contributed by atoms with Crippen molar-refractivity contribution in [2.75, 3.05) is 13.2 Å². The Morgan fingerprint density at radius 3 is 2.55 bits per heavy atom. The van der Waals surface area contributed by atoms with Crippen LogP contribution in [-0.4, -0.2) is 18.0 Å². The van der Waals surface area contributed by atoms with Crippen LogP contribution in [0.5, 0.6) is 0 Å². The molecule has 0 radical (unpaired) electrons. The van der Waals surface area contributed by atoms with E-state index in [1.165, 1.54) is 19.3 Å². The van der Waals surface area contributed by atoms with Crippen LogP contribution >= 0.6 is 15.9 Å². The lowest BCUT2D eigenvalue weighted by Gasteiger charge is -2.05. The first-order valence-corrected chi connectivity index (χ1v) is 5.44. The second kappa shape index (κ2) is 8.54. The van der Waals surface area contributed by atoms with Gasteiger partial charge in [0.05, 0.1) is 0 Å². The molecule has 11 heavy (non-hydrogen) atoms. The van der Waals surface area contributed by atoms with E-state index in [9.17, 15) is 0 Å². The van der Waals surface area contributed by atoms with Crippen molar-refractivity contribution in [1.82, 2.24) is 0 Å². The highest BCUT2D eigenvalue weighted by Crippen LogP contribution is 2.11. The van der Waals surface area contributed by atoms with Gasteiger partial charge in [-0.05, 0) is 25.7 Å². The topological polar surface area (TPSA) is 9.23 Å². The molecule has 0 aliphatic carbocycles. The molecular formula is C9H19BrO. The molecule has 1 unspecified atom stereocenters. The lowest BCUT2D eigenvalue weighted by molar-refractivity contribution is 0.131. The maximum absolute atomic E-state index is 5.36. The lowest BCUT2D eigenvalue weighted by atomic mass is 10.2. The summed E-state index contributed by atoms with van der Waals surface area (Å²) in [5.41, 5.74) is 0. The van der Waals surface area contributed by atoms with E-state index in [2.05, 4.69) is 29.8 Å². The Morgan fingerprint density at radius 2 is 2.00 bits per heavy atom. The number of hydrogen-bond acceptors (Lipinski definition) is 1. The van der Waals surface area contributed by atoms with E-state index in [4.69, 9.17) is 4.74 Å². The summed E-state index contributed by atoms with van der Waals surface area (Å²) in [6.07, 6.45) is 4.77. The summed E-state index contributed by atoms with van der Waals surface area (Å²) in [5, 5.41) is 0. The van der Waals surface area contributed by atoms with E-state index in [0.717, 1.165) is 19.6 Å². The number of rotatable bonds is 7. The molecule has 0 fully saturated rings. The third-order valence-corrected chi connectivity index (χ3v) is 2.70. The van der Waals surface area contributed by atoms with Crippen LogP contribution in [-0.2, 0) is 4.74 Å². The van der Waals surface area contributed by atoms with Gasteiger partial charge in [0, 0.05) is 18.0 Å². The number of hydrogen-bond donors (Lipinski definition) is 0. The van der Waals surface area contributed by atoms with E-state index in [1.807, 2.05) is 0 Å². The second-order valence-electron chi connectivity index (χ2n) is 2.76. The van der Waals surface area contributed by atoms with Gasteiger partial charge in [0.2, 0.25) is 0 Å². The van der Waals surface area contributed by atoms with Crippen LogP contribution in [0.2, 0.25) is 0 Å². The molecule has 0 aromatic carbocycles. The zero-order chi connectivity index (χ0) is 8.53. The molecule has 68 valence electrons. The van der Waals surface area contributed by atoms with Crippen molar-refractivity contribution in [3.63, 3.8) is 0 Å². The monoisotopic (exact) mass is 222 g/mol. The van der Waals surface area contributed by atoms with Crippen molar-refractivity contribution in [2.45, 2.75) is 44.4 Å². The number of ether oxygens (including phenoxy) is 1. The van der Waals surface area contributed by atoms with E-state index in [-0.39, 0.29) is 0 Å². The van der Waals surface area contributed by atoms with Crippen molar-refractivity contribution in [1.29, 1.82) is 0 Å². The van der Waals surface area contributed by atoms with Crippen LogP contribution in [0, 0.1) is 0 Å². The van der Waals surface area contributed by atoms with Crippen LogP contribution in [0.4, 0.5) is 0 Å². The molecule has 0 aliphatic rings. The van der Waals surface area contributed by atoms with E-state index < -0.39 is 0 Å². The fourth-order valence-corrected chi connectivity index (χ4v) is 1.18. The molecule has 0 saturated carbocycles. The smallest absolute Gasteiger partial charge is 0.0466 e. The maximum atomic E-state index is 5.36. The molecule has 0 aliphatic heterocycles. The molecule has 0 saturated heterocycles. The van der Waals surface area contributed by atoms with Gasteiger partial charge in [0.25, 0.3) is 0 Å². The zero-order valence-electron chi connectivity index (χ0n) is 7.61. The molecule has 0 spiro atoms. The van der Waals surface area contributed by atoms with Gasteiger partial charge in [0.1, 0.15) is 0 Å². The van der Waals surface area contributed by atoms with Gasteiger partial charge in [-0.25, -0.2) is 0 Å². The molecular weight excluding hydrogens is 204 g/mol. The molecule has 0 aromatic heterocycles. The van der Waals surface area contributed by atoms with Gasteiger partial charge < -0.3 is 4.74 Å². The molecule has 0 heterocycles. The Bertz CT molecular complexity index is 76.0. The number of alkyl halides is 1. The normalized spacial score (nSPS) is 13.4. The Kier molecular flexibility index (Phi) is 8.88. The second-order valence-corrected chi connectivity index (χ2v) is 4.06. The Balaban J connectivity index is 2.89. The molecule has 0 aromatic rings. The van der Waals surface area contributed by atoms with Crippen LogP contribution in [0.25, 0.3) is 0 Å². The van der Waals surface area contributed by atoms with Gasteiger partial charge in [-0.2, -0.15) is 0 Å². The van der Waals surface area contributed by atoms with Crippen LogP contribution in [0.15, 0.2) is 0 Å². The standard InChI is InChI=1S/C9H19BrO/c1-3-7-11-8-5-6-9(10)4-2/h9H,3-8H2,1-2H3. The highest BCUT2D eigenvalue weighted by Gasteiger charge is 1.98. The first-order valence-electron chi connectivity index (χ1n) is 4.53. The fourth-order valence-electron chi connectivity index (χ4n) is 0.857. The molecule has 1 nitrogen and oxygen atoms in total. The molecule has 0 N–H and O–H groups in total. The van der Waals surface area contributed by atoms with Crippen molar-refractivity contribution >= 4 is 15.9 Å². The summed E-state index contributed by atoms with van der Waals surface area (Å²) < 4.78 is 5.36. The summed E-state index contributed by atoms with van der Waals surface area (Å²) in [7, 11) is 0. The van der Waals surface area contributed by atoms with E-state index in [1.54, 1.807) is 0 Å². The number of halogens is 1. The highest BCUT2D eigenvalue weighted by atomic mass is 79.9. The minimum atomic E-state index is 0.688. The van der Waals surface area contributed by atoms with Crippen LogP contribution in [0.1, 0.15) is 39.5 Å². The summed E-state index contributed by atoms with van der Waals surface area (Å²) >= 11 is 3.59. The summed E-state index contributed by atoms with van der Waals surface area (Å²) in [4.78, 5) is 0.688. The third-order valence-electron chi connectivity index (χ3n) is 1.60. The van der Waals surface area contributed by atoms with Crippen molar-refractivity contribution < 1.29 is 4.74 Å². The molecule has 0 bridgehead atoms. The van der Waals surface area contributed by atoms with Crippen molar-refractivity contribution in [3.8, 4) is 0 Å². The average Bonchev–Trinajstić information content (AvgIpc) is 2.04. The van der Waals surface area contributed by atoms with Crippen molar-refractivity contribution in [3.05, 3.63) is 0 Å². The van der Waals surface area contributed by atoms with Gasteiger partial charge in [-0.1, -0.05) is 29.8 Å². The highest BCUT2D eigenvalue weighted by molar-refractivity contribution is 9.09. The van der Waals surface area contributed by atoms with E-state index >= 15 is 0 Å².